The van der Waals surface area contributed by atoms with Crippen LogP contribution in [-0.4, -0.2) is 42.4 Å². The number of amides is 2. The van der Waals surface area contributed by atoms with Gasteiger partial charge in [-0.1, -0.05) is 0 Å². The molecule has 2 aliphatic heterocycles. The standard InChI is InChI=1S/C13H23N3O2/c1-9-7-10(3-5-15-9)11(17)16-6-4-13(2,8-16)12(14)18/h9-10,15H,3-8H2,1-2H3,(H2,14,18). The molecule has 5 heteroatoms. The van der Waals surface area contributed by atoms with Crippen molar-refractivity contribution in [2.75, 3.05) is 19.6 Å². The van der Waals surface area contributed by atoms with Crippen molar-refractivity contribution in [3.8, 4) is 0 Å². The molecule has 2 heterocycles. The molecule has 3 N–H and O–H groups in total. The van der Waals surface area contributed by atoms with Crippen molar-refractivity contribution < 1.29 is 9.59 Å². The van der Waals surface area contributed by atoms with E-state index in [1.807, 2.05) is 11.8 Å². The number of hydrogen-bond acceptors (Lipinski definition) is 3. The molecule has 2 aliphatic rings. The maximum absolute atomic E-state index is 12.4. The molecule has 18 heavy (non-hydrogen) atoms. The fourth-order valence-corrected chi connectivity index (χ4v) is 2.96. The normalized spacial score (nSPS) is 36.7. The molecule has 2 rings (SSSR count). The molecule has 2 fully saturated rings. The number of nitrogens with two attached hydrogens (primary N) is 1. The van der Waals surface area contributed by atoms with Crippen LogP contribution in [-0.2, 0) is 9.59 Å². The van der Waals surface area contributed by atoms with Crippen LogP contribution >= 0.6 is 0 Å². The molecule has 2 saturated heterocycles. The summed E-state index contributed by atoms with van der Waals surface area (Å²) < 4.78 is 0. The third-order valence-corrected chi connectivity index (χ3v) is 4.35. The molecule has 2 amide bonds. The van der Waals surface area contributed by atoms with Crippen LogP contribution in [0.5, 0.6) is 0 Å². The minimum absolute atomic E-state index is 0.108. The van der Waals surface area contributed by atoms with Gasteiger partial charge in [-0.2, -0.15) is 0 Å². The van der Waals surface area contributed by atoms with E-state index in [2.05, 4.69) is 12.2 Å². The lowest BCUT2D eigenvalue weighted by Gasteiger charge is -2.30. The Kier molecular flexibility index (Phi) is 3.61. The van der Waals surface area contributed by atoms with Crippen LogP contribution in [0.15, 0.2) is 0 Å². The highest BCUT2D eigenvalue weighted by Crippen LogP contribution is 2.31. The molecule has 0 bridgehead atoms. The molecular formula is C13H23N3O2. The molecule has 0 aromatic carbocycles. The smallest absolute Gasteiger partial charge is 0.225 e. The molecule has 3 unspecified atom stereocenters. The Bertz CT molecular complexity index is 358. The molecule has 0 radical (unpaired) electrons. The minimum Gasteiger partial charge on any atom is -0.369 e. The van der Waals surface area contributed by atoms with Gasteiger partial charge in [0.05, 0.1) is 5.41 Å². The number of carbonyl (C=O) groups excluding carboxylic acids is 2. The van der Waals surface area contributed by atoms with E-state index in [1.54, 1.807) is 0 Å². The average molecular weight is 253 g/mol. The van der Waals surface area contributed by atoms with E-state index in [9.17, 15) is 9.59 Å². The minimum atomic E-state index is -0.534. The molecule has 0 aromatic heterocycles. The second-order valence-corrected chi connectivity index (χ2v) is 6.01. The molecule has 0 aliphatic carbocycles. The Hall–Kier alpha value is -1.10. The fraction of sp³-hybridized carbons (Fsp3) is 0.846. The van der Waals surface area contributed by atoms with Crippen LogP contribution in [0.1, 0.15) is 33.1 Å². The molecule has 0 spiro atoms. The lowest BCUT2D eigenvalue weighted by molar-refractivity contribution is -0.136. The number of carbonyl (C=O) groups is 2. The van der Waals surface area contributed by atoms with E-state index in [-0.39, 0.29) is 17.7 Å². The van der Waals surface area contributed by atoms with Crippen molar-refractivity contribution in [2.45, 2.75) is 39.2 Å². The molecular weight excluding hydrogens is 230 g/mol. The van der Waals surface area contributed by atoms with Gasteiger partial charge >= 0.3 is 0 Å². The highest BCUT2D eigenvalue weighted by atomic mass is 16.2. The Morgan fingerprint density at radius 3 is 2.72 bits per heavy atom. The third kappa shape index (κ3) is 2.51. The lowest BCUT2D eigenvalue weighted by atomic mass is 9.89. The topological polar surface area (TPSA) is 75.4 Å². The summed E-state index contributed by atoms with van der Waals surface area (Å²) in [6.45, 7) is 6.01. The Labute approximate surface area is 108 Å². The van der Waals surface area contributed by atoms with Gasteiger partial charge in [-0.3, -0.25) is 9.59 Å². The number of hydrogen-bond donors (Lipinski definition) is 2. The van der Waals surface area contributed by atoms with Crippen LogP contribution in [0.3, 0.4) is 0 Å². The van der Waals surface area contributed by atoms with Gasteiger partial charge in [-0.05, 0) is 39.7 Å². The summed E-state index contributed by atoms with van der Waals surface area (Å²) in [5.41, 5.74) is 4.87. The van der Waals surface area contributed by atoms with Crippen molar-refractivity contribution in [1.29, 1.82) is 0 Å². The molecule has 0 aromatic rings. The van der Waals surface area contributed by atoms with E-state index in [0.29, 0.717) is 25.6 Å². The van der Waals surface area contributed by atoms with Gasteiger partial charge in [0.1, 0.15) is 0 Å². The predicted octanol–water partition coefficient (Wildman–Crippen LogP) is 0.0984. The maximum Gasteiger partial charge on any atom is 0.225 e. The van der Waals surface area contributed by atoms with Crippen LogP contribution in [0.4, 0.5) is 0 Å². The zero-order valence-corrected chi connectivity index (χ0v) is 11.2. The quantitative estimate of drug-likeness (QED) is 0.733. The highest BCUT2D eigenvalue weighted by molar-refractivity contribution is 5.84. The van der Waals surface area contributed by atoms with Gasteiger partial charge in [0.2, 0.25) is 11.8 Å². The lowest BCUT2D eigenvalue weighted by Crippen LogP contribution is -2.45. The van der Waals surface area contributed by atoms with Crippen LogP contribution in [0.2, 0.25) is 0 Å². The van der Waals surface area contributed by atoms with E-state index in [4.69, 9.17) is 5.73 Å². The second kappa shape index (κ2) is 4.88. The first-order valence-corrected chi connectivity index (χ1v) is 6.74. The molecule has 5 nitrogen and oxygen atoms in total. The number of likely N-dealkylation sites (tertiary alicyclic amines) is 1. The van der Waals surface area contributed by atoms with Gasteiger partial charge in [-0.25, -0.2) is 0 Å². The second-order valence-electron chi connectivity index (χ2n) is 6.01. The monoisotopic (exact) mass is 253 g/mol. The first-order valence-electron chi connectivity index (χ1n) is 6.74. The number of primary amides is 1. The highest BCUT2D eigenvalue weighted by Gasteiger charge is 2.42. The first kappa shape index (κ1) is 13.3. The summed E-state index contributed by atoms with van der Waals surface area (Å²) in [5, 5.41) is 3.35. The maximum atomic E-state index is 12.4. The summed E-state index contributed by atoms with van der Waals surface area (Å²) in [7, 11) is 0. The number of nitrogens with zero attached hydrogens (tertiary/aromatic N) is 1. The number of nitrogens with one attached hydrogen (secondary N) is 1. The zero-order chi connectivity index (χ0) is 13.3. The molecule has 0 saturated carbocycles. The summed E-state index contributed by atoms with van der Waals surface area (Å²) in [5.74, 6) is 0.0151. The molecule has 3 atom stereocenters. The van der Waals surface area contributed by atoms with Crippen LogP contribution < -0.4 is 11.1 Å². The Balaban J connectivity index is 1.97. The Morgan fingerprint density at radius 1 is 1.44 bits per heavy atom. The van der Waals surface area contributed by atoms with Gasteiger partial charge in [0.25, 0.3) is 0 Å². The van der Waals surface area contributed by atoms with Crippen molar-refractivity contribution in [3.05, 3.63) is 0 Å². The summed E-state index contributed by atoms with van der Waals surface area (Å²) in [6.07, 6.45) is 2.48. The van der Waals surface area contributed by atoms with E-state index in [1.165, 1.54) is 0 Å². The van der Waals surface area contributed by atoms with Gasteiger partial charge < -0.3 is 16.0 Å². The van der Waals surface area contributed by atoms with Gasteiger partial charge in [-0.15, -0.1) is 0 Å². The van der Waals surface area contributed by atoms with Crippen molar-refractivity contribution in [3.63, 3.8) is 0 Å². The fourth-order valence-electron chi connectivity index (χ4n) is 2.96. The summed E-state index contributed by atoms with van der Waals surface area (Å²) in [6, 6.07) is 0.401. The largest absolute Gasteiger partial charge is 0.369 e. The number of rotatable bonds is 2. The van der Waals surface area contributed by atoms with Crippen LogP contribution in [0.25, 0.3) is 0 Å². The van der Waals surface area contributed by atoms with Crippen molar-refractivity contribution in [1.82, 2.24) is 10.2 Å². The average Bonchev–Trinajstić information content (AvgIpc) is 2.72. The SMILES string of the molecule is CC1CC(C(=O)N2CCC(C)(C(N)=O)C2)CCN1. The summed E-state index contributed by atoms with van der Waals surface area (Å²) in [4.78, 5) is 25.6. The third-order valence-electron chi connectivity index (χ3n) is 4.35. The van der Waals surface area contributed by atoms with Crippen molar-refractivity contribution >= 4 is 11.8 Å². The van der Waals surface area contributed by atoms with E-state index >= 15 is 0 Å². The van der Waals surface area contributed by atoms with E-state index in [0.717, 1.165) is 19.4 Å². The first-order chi connectivity index (χ1) is 8.42. The predicted molar refractivity (Wildman–Crippen MR) is 68.7 cm³/mol. The van der Waals surface area contributed by atoms with Gasteiger partial charge in [0, 0.05) is 25.0 Å². The van der Waals surface area contributed by atoms with E-state index < -0.39 is 5.41 Å². The molecule has 102 valence electrons. The van der Waals surface area contributed by atoms with Crippen molar-refractivity contribution in [2.24, 2.45) is 17.1 Å². The zero-order valence-electron chi connectivity index (χ0n) is 11.2. The van der Waals surface area contributed by atoms with Gasteiger partial charge in [0.15, 0.2) is 0 Å². The Morgan fingerprint density at radius 2 is 2.17 bits per heavy atom. The number of piperidine rings is 1. The summed E-state index contributed by atoms with van der Waals surface area (Å²) >= 11 is 0. The van der Waals surface area contributed by atoms with Crippen LogP contribution in [0, 0.1) is 11.3 Å².